The minimum Gasteiger partial charge on any atom is -0.318 e. The van der Waals surface area contributed by atoms with Crippen molar-refractivity contribution >= 4 is 46.3 Å². The number of para-hydroxylation sites is 1. The summed E-state index contributed by atoms with van der Waals surface area (Å²) in [4.78, 5) is 26.9. The predicted octanol–water partition coefficient (Wildman–Crippen LogP) is 5.99. The maximum Gasteiger partial charge on any atom is 0.298 e. The van der Waals surface area contributed by atoms with Crippen molar-refractivity contribution < 1.29 is 9.59 Å². The Morgan fingerprint density at radius 2 is 1.64 bits per heavy atom. The van der Waals surface area contributed by atoms with E-state index in [-0.39, 0.29) is 11.1 Å². The minimum absolute atomic E-state index is 0.286. The number of hydrogen-bond donors (Lipinski definition) is 0. The van der Waals surface area contributed by atoms with Gasteiger partial charge in [0.05, 0.1) is 10.6 Å². The Balaban J connectivity index is 1.72. The van der Waals surface area contributed by atoms with Gasteiger partial charge in [0.2, 0.25) is 0 Å². The first-order chi connectivity index (χ1) is 13.5. The Morgan fingerprint density at radius 3 is 2.36 bits per heavy atom. The van der Waals surface area contributed by atoms with E-state index in [1.54, 1.807) is 30.3 Å². The van der Waals surface area contributed by atoms with E-state index in [9.17, 15) is 9.59 Å². The third-order valence-electron chi connectivity index (χ3n) is 4.63. The lowest BCUT2D eigenvalue weighted by atomic mass is 10.2. The number of aryl methyl sites for hydroxylation is 1. The van der Waals surface area contributed by atoms with Crippen molar-refractivity contribution in [2.75, 3.05) is 4.90 Å². The Bertz CT molecular complexity index is 1120. The highest BCUT2D eigenvalue weighted by molar-refractivity contribution is 8.19. The van der Waals surface area contributed by atoms with Crippen molar-refractivity contribution in [1.29, 1.82) is 0 Å². The van der Waals surface area contributed by atoms with E-state index in [0.717, 1.165) is 34.4 Å². The molecule has 1 fully saturated rings. The first-order valence-corrected chi connectivity index (χ1v) is 9.93. The van der Waals surface area contributed by atoms with Crippen LogP contribution in [-0.2, 0) is 4.79 Å². The van der Waals surface area contributed by atoms with E-state index in [1.165, 1.54) is 4.90 Å². The van der Waals surface area contributed by atoms with Gasteiger partial charge in [-0.1, -0.05) is 35.9 Å². The lowest BCUT2D eigenvalue weighted by Crippen LogP contribution is -2.27. The second-order valence-corrected chi connectivity index (χ2v) is 7.92. The summed E-state index contributed by atoms with van der Waals surface area (Å²) in [6.07, 6.45) is 1.79. The predicted molar refractivity (Wildman–Crippen MR) is 115 cm³/mol. The van der Waals surface area contributed by atoms with Crippen molar-refractivity contribution in [3.63, 3.8) is 0 Å². The van der Waals surface area contributed by atoms with E-state index in [2.05, 4.69) is 4.57 Å². The van der Waals surface area contributed by atoms with Crippen LogP contribution in [0.2, 0.25) is 5.02 Å². The van der Waals surface area contributed by atoms with Gasteiger partial charge >= 0.3 is 0 Å². The van der Waals surface area contributed by atoms with Gasteiger partial charge in [-0.05, 0) is 73.6 Å². The van der Waals surface area contributed by atoms with Crippen molar-refractivity contribution in [3.8, 4) is 5.69 Å². The number of benzene rings is 2. The number of imide groups is 1. The van der Waals surface area contributed by atoms with E-state index in [4.69, 9.17) is 11.6 Å². The van der Waals surface area contributed by atoms with Crippen LogP contribution in [-0.4, -0.2) is 15.7 Å². The molecule has 1 saturated heterocycles. The molecule has 3 aromatic rings. The largest absolute Gasteiger partial charge is 0.318 e. The normalized spacial score (nSPS) is 15.7. The number of carbonyl (C=O) groups excluding carboxylic acids is 2. The molecule has 2 heterocycles. The van der Waals surface area contributed by atoms with E-state index < -0.39 is 0 Å². The first kappa shape index (κ1) is 18.6. The Hall–Kier alpha value is -2.76. The molecular weight excluding hydrogens is 392 g/mol. The van der Waals surface area contributed by atoms with Gasteiger partial charge in [-0.2, -0.15) is 0 Å². The van der Waals surface area contributed by atoms with Crippen molar-refractivity contribution in [2.24, 2.45) is 0 Å². The fourth-order valence-corrected chi connectivity index (χ4v) is 4.37. The van der Waals surface area contributed by atoms with Crippen LogP contribution in [0.4, 0.5) is 10.5 Å². The zero-order valence-electron chi connectivity index (χ0n) is 15.3. The van der Waals surface area contributed by atoms with Gasteiger partial charge < -0.3 is 4.57 Å². The third kappa shape index (κ3) is 3.28. The van der Waals surface area contributed by atoms with Crippen LogP contribution in [0.3, 0.4) is 0 Å². The average molecular weight is 409 g/mol. The first-order valence-electron chi connectivity index (χ1n) is 8.73. The summed E-state index contributed by atoms with van der Waals surface area (Å²) in [6, 6.07) is 18.6. The molecule has 0 saturated carbocycles. The molecule has 6 heteroatoms. The molecule has 0 aliphatic carbocycles. The van der Waals surface area contributed by atoms with Gasteiger partial charge in [0.15, 0.2) is 0 Å². The summed E-state index contributed by atoms with van der Waals surface area (Å²) in [5.74, 6) is -0.297. The monoisotopic (exact) mass is 408 g/mol. The van der Waals surface area contributed by atoms with Gasteiger partial charge in [0.25, 0.3) is 11.1 Å². The molecule has 0 spiro atoms. The standard InChI is InChI=1S/C22H17ClN2O2S/c1-14-11-16(15(2)24(14)19-10-6-7-17(23)13-19)12-20-21(26)25(22(27)28-20)18-8-4-3-5-9-18/h3-13H,1-2H3/b20-12-. The van der Waals surface area contributed by atoms with E-state index in [0.29, 0.717) is 15.6 Å². The summed E-state index contributed by atoms with van der Waals surface area (Å²) < 4.78 is 2.08. The van der Waals surface area contributed by atoms with Crippen LogP contribution >= 0.6 is 23.4 Å². The zero-order chi connectivity index (χ0) is 19.8. The van der Waals surface area contributed by atoms with Crippen LogP contribution in [0, 0.1) is 13.8 Å². The number of amides is 2. The quantitative estimate of drug-likeness (QED) is 0.500. The van der Waals surface area contributed by atoms with Crippen molar-refractivity contribution in [3.05, 3.63) is 87.5 Å². The van der Waals surface area contributed by atoms with Gasteiger partial charge in [-0.15, -0.1) is 0 Å². The molecule has 0 unspecified atom stereocenters. The molecule has 0 atom stereocenters. The number of halogens is 1. The molecule has 1 aliphatic rings. The highest BCUT2D eigenvalue weighted by Crippen LogP contribution is 2.36. The molecule has 4 nitrogen and oxygen atoms in total. The SMILES string of the molecule is Cc1cc(/C=C2\SC(=O)N(c3ccccc3)C2=O)c(C)n1-c1cccc(Cl)c1. The summed E-state index contributed by atoms with van der Waals surface area (Å²) in [7, 11) is 0. The second kappa shape index (κ2) is 7.34. The highest BCUT2D eigenvalue weighted by atomic mass is 35.5. The minimum atomic E-state index is -0.297. The van der Waals surface area contributed by atoms with Gasteiger partial charge in [-0.3, -0.25) is 9.59 Å². The van der Waals surface area contributed by atoms with Crippen LogP contribution in [0.5, 0.6) is 0 Å². The van der Waals surface area contributed by atoms with Crippen LogP contribution in [0.15, 0.2) is 65.6 Å². The number of thioether (sulfide) groups is 1. The van der Waals surface area contributed by atoms with Gasteiger partial charge in [0, 0.05) is 22.1 Å². The lowest BCUT2D eigenvalue weighted by molar-refractivity contribution is -0.113. The molecule has 140 valence electrons. The molecule has 0 N–H and O–H groups in total. The Kier molecular flexibility index (Phi) is 4.87. The molecule has 4 rings (SSSR count). The van der Waals surface area contributed by atoms with Crippen molar-refractivity contribution in [2.45, 2.75) is 13.8 Å². The molecule has 0 bridgehead atoms. The summed E-state index contributed by atoms with van der Waals surface area (Å²) in [5, 5.41) is 0.377. The average Bonchev–Trinajstić information content (AvgIpc) is 3.11. The van der Waals surface area contributed by atoms with Gasteiger partial charge in [0.1, 0.15) is 0 Å². The fraction of sp³-hybridized carbons (Fsp3) is 0.0909. The zero-order valence-corrected chi connectivity index (χ0v) is 16.9. The number of hydrogen-bond acceptors (Lipinski definition) is 3. The summed E-state index contributed by atoms with van der Waals surface area (Å²) in [5.41, 5.74) is 4.44. The molecule has 1 aliphatic heterocycles. The van der Waals surface area contributed by atoms with Crippen LogP contribution < -0.4 is 4.90 Å². The number of aromatic nitrogens is 1. The third-order valence-corrected chi connectivity index (χ3v) is 5.74. The number of anilines is 1. The smallest absolute Gasteiger partial charge is 0.298 e. The highest BCUT2D eigenvalue weighted by Gasteiger charge is 2.36. The molecule has 28 heavy (non-hydrogen) atoms. The van der Waals surface area contributed by atoms with E-state index in [1.807, 2.05) is 50.2 Å². The van der Waals surface area contributed by atoms with E-state index >= 15 is 0 Å². The summed E-state index contributed by atoms with van der Waals surface area (Å²) in [6.45, 7) is 3.99. The summed E-state index contributed by atoms with van der Waals surface area (Å²) >= 11 is 7.10. The molecule has 1 aromatic heterocycles. The molecular formula is C22H17ClN2O2S. The molecule has 2 amide bonds. The Morgan fingerprint density at radius 1 is 0.929 bits per heavy atom. The maximum atomic E-state index is 12.8. The molecule has 2 aromatic carbocycles. The Labute approximate surface area is 172 Å². The topological polar surface area (TPSA) is 42.3 Å². The lowest BCUT2D eigenvalue weighted by Gasteiger charge is -2.11. The van der Waals surface area contributed by atoms with Crippen molar-refractivity contribution in [1.82, 2.24) is 4.57 Å². The molecule has 0 radical (unpaired) electrons. The van der Waals surface area contributed by atoms with Gasteiger partial charge in [-0.25, -0.2) is 4.90 Å². The number of nitrogens with zero attached hydrogens (tertiary/aromatic N) is 2. The maximum absolute atomic E-state index is 12.8. The number of rotatable bonds is 3. The second-order valence-electron chi connectivity index (χ2n) is 6.49. The fourth-order valence-electron chi connectivity index (χ4n) is 3.35. The number of carbonyl (C=O) groups is 2. The van der Waals surface area contributed by atoms with Crippen LogP contribution in [0.1, 0.15) is 17.0 Å². The van der Waals surface area contributed by atoms with Crippen LogP contribution in [0.25, 0.3) is 11.8 Å².